The molecule has 0 bridgehead atoms. The Morgan fingerprint density at radius 3 is 2.54 bits per heavy atom. The van der Waals surface area contributed by atoms with Crippen molar-refractivity contribution in [1.82, 2.24) is 24.9 Å². The molecule has 0 aromatic carbocycles. The summed E-state index contributed by atoms with van der Waals surface area (Å²) in [6, 6.07) is 5.46. The maximum atomic E-state index is 12.7. The van der Waals surface area contributed by atoms with Crippen molar-refractivity contribution in [2.24, 2.45) is 0 Å². The van der Waals surface area contributed by atoms with E-state index in [-0.39, 0.29) is 11.8 Å². The first-order valence-corrected chi connectivity index (χ1v) is 9.10. The molecule has 0 radical (unpaired) electrons. The first-order chi connectivity index (χ1) is 12.7. The Bertz CT molecular complexity index is 756. The number of nitrogens with one attached hydrogen (secondary N) is 1. The molecule has 8 heteroatoms. The fraction of sp³-hybridized carbons (Fsp3) is 0.500. The molecule has 1 N–H and O–H groups in total. The average Bonchev–Trinajstić information content (AvgIpc) is 3.40. The quantitative estimate of drug-likeness (QED) is 0.886. The standard InChI is InChI=1S/C18H23N5O3/c24-17(15-5-7-23(20-15)14-3-1-6-19-13-14)21-8-10-22(11-9-21)18(25)16-4-2-12-26-16/h2,4-5,7,12,14,19H,1,3,6,8-11,13H2. The van der Waals surface area contributed by atoms with Gasteiger partial charge in [0.15, 0.2) is 5.76 Å². The second-order valence-electron chi connectivity index (χ2n) is 6.74. The molecule has 2 amide bonds. The Hall–Kier alpha value is -2.61. The van der Waals surface area contributed by atoms with Crippen molar-refractivity contribution in [3.8, 4) is 0 Å². The van der Waals surface area contributed by atoms with Crippen LogP contribution in [0.25, 0.3) is 0 Å². The Labute approximate surface area is 151 Å². The summed E-state index contributed by atoms with van der Waals surface area (Å²) in [5.41, 5.74) is 0.474. The van der Waals surface area contributed by atoms with Crippen LogP contribution in [0.2, 0.25) is 0 Å². The molecule has 4 heterocycles. The van der Waals surface area contributed by atoms with Gasteiger partial charge in [-0.15, -0.1) is 0 Å². The normalized spacial score (nSPS) is 21.0. The molecule has 2 aromatic heterocycles. The molecule has 2 aliphatic heterocycles. The van der Waals surface area contributed by atoms with E-state index < -0.39 is 0 Å². The minimum Gasteiger partial charge on any atom is -0.459 e. The van der Waals surface area contributed by atoms with Crippen LogP contribution in [0.1, 0.15) is 39.9 Å². The molecule has 2 aliphatic rings. The third-order valence-electron chi connectivity index (χ3n) is 5.06. The molecule has 138 valence electrons. The van der Waals surface area contributed by atoms with Gasteiger partial charge in [0.1, 0.15) is 5.69 Å². The van der Waals surface area contributed by atoms with Gasteiger partial charge in [0.25, 0.3) is 11.8 Å². The van der Waals surface area contributed by atoms with Gasteiger partial charge in [-0.3, -0.25) is 14.3 Å². The zero-order valence-electron chi connectivity index (χ0n) is 14.6. The average molecular weight is 357 g/mol. The Morgan fingerprint density at radius 2 is 1.88 bits per heavy atom. The van der Waals surface area contributed by atoms with E-state index in [4.69, 9.17) is 4.42 Å². The number of aromatic nitrogens is 2. The van der Waals surface area contributed by atoms with Crippen LogP contribution < -0.4 is 5.32 Å². The van der Waals surface area contributed by atoms with Crippen molar-refractivity contribution in [3.63, 3.8) is 0 Å². The molecule has 1 unspecified atom stereocenters. The monoisotopic (exact) mass is 357 g/mol. The number of hydrogen-bond acceptors (Lipinski definition) is 5. The third-order valence-corrected chi connectivity index (χ3v) is 5.06. The lowest BCUT2D eigenvalue weighted by atomic mass is 10.1. The number of carbonyl (C=O) groups excluding carboxylic acids is 2. The Morgan fingerprint density at radius 1 is 1.12 bits per heavy atom. The summed E-state index contributed by atoms with van der Waals surface area (Å²) in [7, 11) is 0. The Balaban J connectivity index is 1.35. The topological polar surface area (TPSA) is 83.6 Å². The predicted octanol–water partition coefficient (Wildman–Crippen LogP) is 0.999. The lowest BCUT2D eigenvalue weighted by Gasteiger charge is -2.34. The minimum atomic E-state index is -0.129. The molecule has 0 aliphatic carbocycles. The largest absolute Gasteiger partial charge is 0.459 e. The highest BCUT2D eigenvalue weighted by molar-refractivity contribution is 5.93. The van der Waals surface area contributed by atoms with Crippen LogP contribution in [0.4, 0.5) is 0 Å². The van der Waals surface area contributed by atoms with Crippen molar-refractivity contribution in [3.05, 3.63) is 42.1 Å². The smallest absolute Gasteiger partial charge is 0.289 e. The lowest BCUT2D eigenvalue weighted by Crippen LogP contribution is -2.50. The van der Waals surface area contributed by atoms with Crippen LogP contribution in [0.3, 0.4) is 0 Å². The van der Waals surface area contributed by atoms with Crippen LogP contribution in [0, 0.1) is 0 Å². The summed E-state index contributed by atoms with van der Waals surface area (Å²) in [4.78, 5) is 28.5. The van der Waals surface area contributed by atoms with Gasteiger partial charge in [-0.2, -0.15) is 5.10 Å². The van der Waals surface area contributed by atoms with Crippen molar-refractivity contribution in [1.29, 1.82) is 0 Å². The number of hydrogen-bond donors (Lipinski definition) is 1. The van der Waals surface area contributed by atoms with Gasteiger partial charge in [0.2, 0.25) is 0 Å². The van der Waals surface area contributed by atoms with Crippen LogP contribution in [0.5, 0.6) is 0 Å². The summed E-state index contributed by atoms with van der Waals surface area (Å²) in [6.45, 7) is 3.94. The zero-order valence-corrected chi connectivity index (χ0v) is 14.6. The maximum Gasteiger partial charge on any atom is 0.289 e. The van der Waals surface area contributed by atoms with Crippen molar-refractivity contribution < 1.29 is 14.0 Å². The summed E-state index contributed by atoms with van der Waals surface area (Å²) in [5, 5.41) is 7.85. The number of amides is 2. The molecular formula is C18H23N5O3. The van der Waals surface area contributed by atoms with E-state index in [2.05, 4.69) is 10.4 Å². The first-order valence-electron chi connectivity index (χ1n) is 9.10. The SMILES string of the molecule is O=C(c1ccn(C2CCCNC2)n1)N1CCN(C(=O)c2ccco2)CC1. The first kappa shape index (κ1) is 16.8. The van der Waals surface area contributed by atoms with Gasteiger partial charge < -0.3 is 19.5 Å². The second kappa shape index (κ2) is 7.33. The van der Waals surface area contributed by atoms with E-state index >= 15 is 0 Å². The van der Waals surface area contributed by atoms with Gasteiger partial charge in [-0.25, -0.2) is 0 Å². The summed E-state index contributed by atoms with van der Waals surface area (Å²) >= 11 is 0. The molecule has 8 nitrogen and oxygen atoms in total. The van der Waals surface area contributed by atoms with Gasteiger partial charge in [-0.1, -0.05) is 0 Å². The van der Waals surface area contributed by atoms with Crippen LogP contribution in [-0.2, 0) is 0 Å². The van der Waals surface area contributed by atoms with Gasteiger partial charge in [0.05, 0.1) is 12.3 Å². The molecule has 2 saturated heterocycles. The molecule has 0 saturated carbocycles. The van der Waals surface area contributed by atoms with Crippen molar-refractivity contribution in [2.75, 3.05) is 39.3 Å². The van der Waals surface area contributed by atoms with E-state index in [1.54, 1.807) is 28.0 Å². The van der Waals surface area contributed by atoms with Gasteiger partial charge in [0, 0.05) is 38.9 Å². The van der Waals surface area contributed by atoms with E-state index in [1.165, 1.54) is 6.26 Å². The number of piperazine rings is 1. The predicted molar refractivity (Wildman–Crippen MR) is 93.9 cm³/mol. The van der Waals surface area contributed by atoms with Gasteiger partial charge >= 0.3 is 0 Å². The van der Waals surface area contributed by atoms with E-state index in [0.29, 0.717) is 43.7 Å². The number of rotatable bonds is 3. The summed E-state index contributed by atoms with van der Waals surface area (Å²) in [5.74, 6) is 0.137. The van der Waals surface area contributed by atoms with Crippen molar-refractivity contribution >= 4 is 11.8 Å². The zero-order chi connectivity index (χ0) is 17.9. The second-order valence-corrected chi connectivity index (χ2v) is 6.74. The number of piperidine rings is 1. The highest BCUT2D eigenvalue weighted by Crippen LogP contribution is 2.17. The summed E-state index contributed by atoms with van der Waals surface area (Å²) < 4.78 is 7.06. The molecule has 2 aromatic rings. The maximum absolute atomic E-state index is 12.7. The molecular weight excluding hydrogens is 334 g/mol. The van der Waals surface area contributed by atoms with E-state index in [9.17, 15) is 9.59 Å². The molecule has 4 rings (SSSR count). The lowest BCUT2D eigenvalue weighted by molar-refractivity contribution is 0.0514. The van der Waals surface area contributed by atoms with Crippen molar-refractivity contribution in [2.45, 2.75) is 18.9 Å². The molecule has 26 heavy (non-hydrogen) atoms. The highest BCUT2D eigenvalue weighted by Gasteiger charge is 2.28. The van der Waals surface area contributed by atoms with E-state index in [0.717, 1.165) is 25.9 Å². The van der Waals surface area contributed by atoms with Crippen LogP contribution in [-0.4, -0.2) is 70.7 Å². The Kier molecular flexibility index (Phi) is 4.75. The number of furan rings is 1. The van der Waals surface area contributed by atoms with Crippen LogP contribution >= 0.6 is 0 Å². The summed E-state index contributed by atoms with van der Waals surface area (Å²) in [6.07, 6.45) is 5.59. The fourth-order valence-electron chi connectivity index (χ4n) is 3.55. The third kappa shape index (κ3) is 3.37. The minimum absolute atomic E-state index is 0.0717. The molecule has 0 spiro atoms. The van der Waals surface area contributed by atoms with Gasteiger partial charge in [-0.05, 0) is 37.6 Å². The highest BCUT2D eigenvalue weighted by atomic mass is 16.3. The molecule has 1 atom stereocenters. The van der Waals surface area contributed by atoms with E-state index in [1.807, 2.05) is 10.9 Å². The molecule has 2 fully saturated rings. The fourth-order valence-corrected chi connectivity index (χ4v) is 3.55. The van der Waals surface area contributed by atoms with Crippen LogP contribution in [0.15, 0.2) is 35.1 Å². The number of carbonyl (C=O) groups is 2. The number of nitrogens with zero attached hydrogens (tertiary/aromatic N) is 4.